The van der Waals surface area contributed by atoms with Crippen molar-refractivity contribution < 1.29 is 0 Å². The Balaban J connectivity index is 1.99. The third kappa shape index (κ3) is 3.98. The summed E-state index contributed by atoms with van der Waals surface area (Å²) in [6.07, 6.45) is 5.06. The van der Waals surface area contributed by atoms with Crippen molar-refractivity contribution in [2.75, 3.05) is 20.6 Å². The molecule has 3 heteroatoms. The Morgan fingerprint density at radius 2 is 2.17 bits per heavy atom. The van der Waals surface area contributed by atoms with Crippen LogP contribution in [-0.2, 0) is 13.0 Å². The van der Waals surface area contributed by atoms with Crippen LogP contribution in [-0.4, -0.2) is 31.6 Å². The van der Waals surface area contributed by atoms with Crippen molar-refractivity contribution in [2.24, 2.45) is 0 Å². The molecule has 0 bridgehead atoms. The van der Waals surface area contributed by atoms with Gasteiger partial charge in [-0.3, -0.25) is 0 Å². The van der Waals surface area contributed by atoms with E-state index >= 15 is 0 Å². The van der Waals surface area contributed by atoms with Crippen molar-refractivity contribution in [3.63, 3.8) is 0 Å². The quantitative estimate of drug-likeness (QED) is 0.901. The van der Waals surface area contributed by atoms with Gasteiger partial charge >= 0.3 is 0 Å². The predicted molar refractivity (Wildman–Crippen MR) is 78.2 cm³/mol. The molecule has 100 valence electrons. The second kappa shape index (κ2) is 6.55. The SMILES string of the molecule is CN(C)Cc1ccc(CC2CCCCN2)cc1Cl. The van der Waals surface area contributed by atoms with Gasteiger partial charge in [0.15, 0.2) is 0 Å². The van der Waals surface area contributed by atoms with Crippen molar-refractivity contribution in [3.05, 3.63) is 34.3 Å². The molecule has 1 heterocycles. The number of halogens is 1. The van der Waals surface area contributed by atoms with Crippen LogP contribution in [0, 0.1) is 0 Å². The van der Waals surface area contributed by atoms with E-state index in [0.29, 0.717) is 6.04 Å². The highest BCUT2D eigenvalue weighted by Gasteiger charge is 2.13. The standard InChI is InChI=1S/C15H23ClN2/c1-18(2)11-13-7-6-12(10-15(13)16)9-14-5-3-4-8-17-14/h6-7,10,14,17H,3-5,8-9,11H2,1-2H3. The molecule has 1 aromatic carbocycles. The van der Waals surface area contributed by atoms with E-state index in [-0.39, 0.29) is 0 Å². The van der Waals surface area contributed by atoms with Crippen LogP contribution in [0.4, 0.5) is 0 Å². The Morgan fingerprint density at radius 3 is 2.78 bits per heavy atom. The Morgan fingerprint density at radius 1 is 1.33 bits per heavy atom. The first-order valence-electron chi connectivity index (χ1n) is 6.80. The third-order valence-electron chi connectivity index (χ3n) is 3.50. The average Bonchev–Trinajstić information content (AvgIpc) is 2.33. The highest BCUT2D eigenvalue weighted by molar-refractivity contribution is 6.31. The van der Waals surface area contributed by atoms with Crippen molar-refractivity contribution >= 4 is 11.6 Å². The number of hydrogen-bond acceptors (Lipinski definition) is 2. The van der Waals surface area contributed by atoms with E-state index in [1.165, 1.54) is 30.4 Å². The first-order chi connectivity index (χ1) is 8.65. The molecule has 1 fully saturated rings. The molecular formula is C15H23ClN2. The highest BCUT2D eigenvalue weighted by Crippen LogP contribution is 2.21. The van der Waals surface area contributed by atoms with Gasteiger partial charge in [0.2, 0.25) is 0 Å². The van der Waals surface area contributed by atoms with Gasteiger partial charge in [-0.15, -0.1) is 0 Å². The number of rotatable bonds is 4. The molecule has 0 saturated carbocycles. The van der Waals surface area contributed by atoms with E-state index in [4.69, 9.17) is 11.6 Å². The number of nitrogens with one attached hydrogen (secondary N) is 1. The molecule has 1 N–H and O–H groups in total. The molecule has 0 spiro atoms. The molecule has 0 aliphatic carbocycles. The lowest BCUT2D eigenvalue weighted by Crippen LogP contribution is -2.35. The van der Waals surface area contributed by atoms with E-state index in [9.17, 15) is 0 Å². The number of benzene rings is 1. The molecule has 1 aliphatic heterocycles. The van der Waals surface area contributed by atoms with Gasteiger partial charge in [0.05, 0.1) is 0 Å². The summed E-state index contributed by atoms with van der Waals surface area (Å²) in [7, 11) is 4.13. The fraction of sp³-hybridized carbons (Fsp3) is 0.600. The number of nitrogens with zero attached hydrogens (tertiary/aromatic N) is 1. The van der Waals surface area contributed by atoms with E-state index in [0.717, 1.165) is 24.5 Å². The molecule has 1 unspecified atom stereocenters. The maximum atomic E-state index is 6.34. The van der Waals surface area contributed by atoms with Gasteiger partial charge in [-0.05, 0) is 57.1 Å². The van der Waals surface area contributed by atoms with E-state index in [1.54, 1.807) is 0 Å². The predicted octanol–water partition coefficient (Wildman–Crippen LogP) is 3.09. The molecule has 2 rings (SSSR count). The van der Waals surface area contributed by atoms with Crippen LogP contribution in [0.1, 0.15) is 30.4 Å². The molecule has 1 atom stereocenters. The summed E-state index contributed by atoms with van der Waals surface area (Å²) in [6, 6.07) is 7.16. The van der Waals surface area contributed by atoms with E-state index in [1.807, 2.05) is 0 Å². The van der Waals surface area contributed by atoms with Gasteiger partial charge in [-0.25, -0.2) is 0 Å². The summed E-state index contributed by atoms with van der Waals surface area (Å²) in [4.78, 5) is 2.14. The topological polar surface area (TPSA) is 15.3 Å². The summed E-state index contributed by atoms with van der Waals surface area (Å²) in [5, 5.41) is 4.48. The molecule has 0 amide bonds. The lowest BCUT2D eigenvalue weighted by Gasteiger charge is -2.23. The summed E-state index contributed by atoms with van der Waals surface area (Å²) < 4.78 is 0. The minimum absolute atomic E-state index is 0.634. The largest absolute Gasteiger partial charge is 0.314 e. The number of hydrogen-bond donors (Lipinski definition) is 1. The van der Waals surface area contributed by atoms with Gasteiger partial charge in [0.1, 0.15) is 0 Å². The zero-order chi connectivity index (χ0) is 13.0. The fourth-order valence-corrected chi connectivity index (χ4v) is 2.83. The van der Waals surface area contributed by atoms with Crippen LogP contribution in [0.25, 0.3) is 0 Å². The van der Waals surface area contributed by atoms with Gasteiger partial charge in [-0.2, -0.15) is 0 Å². The molecular weight excluding hydrogens is 244 g/mol. The smallest absolute Gasteiger partial charge is 0.0453 e. The second-order valence-corrected chi connectivity index (χ2v) is 5.92. The van der Waals surface area contributed by atoms with Crippen LogP contribution in [0.2, 0.25) is 5.02 Å². The molecule has 2 nitrogen and oxygen atoms in total. The van der Waals surface area contributed by atoms with Crippen LogP contribution in [0.5, 0.6) is 0 Å². The summed E-state index contributed by atoms with van der Waals surface area (Å²) in [5.74, 6) is 0. The van der Waals surface area contributed by atoms with Crippen LogP contribution in [0.3, 0.4) is 0 Å². The van der Waals surface area contributed by atoms with Gasteiger partial charge < -0.3 is 10.2 Å². The second-order valence-electron chi connectivity index (χ2n) is 5.51. The summed E-state index contributed by atoms with van der Waals surface area (Å²) in [5.41, 5.74) is 2.56. The lowest BCUT2D eigenvalue weighted by molar-refractivity contribution is 0.398. The maximum Gasteiger partial charge on any atom is 0.0453 e. The first-order valence-corrected chi connectivity index (χ1v) is 7.18. The molecule has 0 radical (unpaired) electrons. The van der Waals surface area contributed by atoms with E-state index < -0.39 is 0 Å². The van der Waals surface area contributed by atoms with Crippen molar-refractivity contribution in [2.45, 2.75) is 38.3 Å². The van der Waals surface area contributed by atoms with Crippen LogP contribution < -0.4 is 5.32 Å². The lowest BCUT2D eigenvalue weighted by atomic mass is 9.97. The van der Waals surface area contributed by atoms with Crippen LogP contribution in [0.15, 0.2) is 18.2 Å². The molecule has 0 aromatic heterocycles. The number of piperidine rings is 1. The molecule has 1 aromatic rings. The highest BCUT2D eigenvalue weighted by atomic mass is 35.5. The fourth-order valence-electron chi connectivity index (χ4n) is 2.57. The van der Waals surface area contributed by atoms with Gasteiger partial charge in [0.25, 0.3) is 0 Å². The Bertz CT molecular complexity index is 384. The van der Waals surface area contributed by atoms with E-state index in [2.05, 4.69) is 42.5 Å². The first kappa shape index (κ1) is 13.9. The third-order valence-corrected chi connectivity index (χ3v) is 3.85. The minimum Gasteiger partial charge on any atom is -0.314 e. The Kier molecular flexibility index (Phi) is 5.04. The summed E-state index contributed by atoms with van der Waals surface area (Å²) in [6.45, 7) is 2.07. The van der Waals surface area contributed by atoms with Crippen molar-refractivity contribution in [3.8, 4) is 0 Å². The molecule has 1 saturated heterocycles. The molecule has 1 aliphatic rings. The Hall–Kier alpha value is -0.570. The van der Waals surface area contributed by atoms with Gasteiger partial charge in [-0.1, -0.05) is 30.2 Å². The van der Waals surface area contributed by atoms with Gasteiger partial charge in [0, 0.05) is 17.6 Å². The minimum atomic E-state index is 0.634. The monoisotopic (exact) mass is 266 g/mol. The van der Waals surface area contributed by atoms with Crippen molar-refractivity contribution in [1.82, 2.24) is 10.2 Å². The zero-order valence-electron chi connectivity index (χ0n) is 11.4. The maximum absolute atomic E-state index is 6.34. The summed E-state index contributed by atoms with van der Waals surface area (Å²) >= 11 is 6.34. The van der Waals surface area contributed by atoms with Crippen LogP contribution >= 0.6 is 11.6 Å². The normalized spacial score (nSPS) is 20.3. The zero-order valence-corrected chi connectivity index (χ0v) is 12.1. The Labute approximate surface area is 115 Å². The average molecular weight is 267 g/mol. The molecule has 18 heavy (non-hydrogen) atoms. The van der Waals surface area contributed by atoms with Crippen molar-refractivity contribution in [1.29, 1.82) is 0 Å².